The highest BCUT2D eigenvalue weighted by Gasteiger charge is 2.23. The number of carbonyl (C=O) groups excluding carboxylic acids is 1. The summed E-state index contributed by atoms with van der Waals surface area (Å²) in [5.41, 5.74) is 1.76. The molecule has 1 N–H and O–H groups in total. The van der Waals surface area contributed by atoms with Crippen LogP contribution in [0.4, 0.5) is 0 Å². The summed E-state index contributed by atoms with van der Waals surface area (Å²) in [4.78, 5) is 14.7. The number of piperidine rings is 1. The van der Waals surface area contributed by atoms with E-state index in [2.05, 4.69) is 22.3 Å². The maximum atomic E-state index is 12.2. The number of carbonyl (C=O) groups is 1. The molecule has 5 nitrogen and oxygen atoms in total. The molecule has 1 fully saturated rings. The van der Waals surface area contributed by atoms with Gasteiger partial charge in [-0.15, -0.1) is 0 Å². The van der Waals surface area contributed by atoms with Gasteiger partial charge in [-0.1, -0.05) is 18.6 Å². The monoisotopic (exact) mass is 328 g/mol. The first-order valence-electron chi connectivity index (χ1n) is 8.46. The zero-order chi connectivity index (χ0) is 16.8. The lowest BCUT2D eigenvalue weighted by Crippen LogP contribution is -2.40. The van der Waals surface area contributed by atoms with E-state index in [1.54, 1.807) is 13.2 Å². The minimum Gasteiger partial charge on any atom is -0.497 e. The Bertz CT molecular complexity index is 631. The molecule has 1 aromatic carbocycles. The van der Waals surface area contributed by atoms with Crippen molar-refractivity contribution in [3.05, 3.63) is 54.0 Å². The van der Waals surface area contributed by atoms with E-state index < -0.39 is 0 Å². The van der Waals surface area contributed by atoms with Gasteiger partial charge in [-0.25, -0.2) is 0 Å². The molecule has 0 spiro atoms. The van der Waals surface area contributed by atoms with Crippen LogP contribution in [-0.4, -0.2) is 37.6 Å². The van der Waals surface area contributed by atoms with Gasteiger partial charge in [0.25, 0.3) is 5.91 Å². The molecule has 1 aliphatic heterocycles. The number of methoxy groups -OCH3 is 1. The van der Waals surface area contributed by atoms with Crippen molar-refractivity contribution in [2.24, 2.45) is 0 Å². The molecular weight excluding hydrogens is 304 g/mol. The number of likely N-dealkylation sites (tertiary alicyclic amines) is 1. The third-order valence-electron chi connectivity index (χ3n) is 4.57. The molecule has 0 aliphatic carbocycles. The average Bonchev–Trinajstić information content (AvgIpc) is 3.18. The first kappa shape index (κ1) is 16.6. The van der Waals surface area contributed by atoms with Gasteiger partial charge in [0.05, 0.1) is 25.0 Å². The Balaban J connectivity index is 1.72. The molecule has 0 bridgehead atoms. The van der Waals surface area contributed by atoms with Crippen LogP contribution in [0.2, 0.25) is 0 Å². The topological polar surface area (TPSA) is 54.7 Å². The van der Waals surface area contributed by atoms with Crippen molar-refractivity contribution in [1.29, 1.82) is 0 Å². The van der Waals surface area contributed by atoms with Gasteiger partial charge in [-0.3, -0.25) is 9.69 Å². The number of hydrogen-bond acceptors (Lipinski definition) is 4. The molecule has 0 radical (unpaired) electrons. The molecule has 1 aliphatic rings. The lowest BCUT2D eigenvalue weighted by atomic mass is 10.0. The Morgan fingerprint density at radius 1 is 1.21 bits per heavy atom. The molecule has 5 heteroatoms. The predicted octanol–water partition coefficient (Wildman–Crippen LogP) is 3.25. The van der Waals surface area contributed by atoms with Gasteiger partial charge in [0.2, 0.25) is 0 Å². The summed E-state index contributed by atoms with van der Waals surface area (Å²) in [5.74, 6) is 0.748. The van der Waals surface area contributed by atoms with Gasteiger partial charge < -0.3 is 14.5 Å². The van der Waals surface area contributed by atoms with Crippen LogP contribution in [0.15, 0.2) is 47.3 Å². The lowest BCUT2D eigenvalue weighted by Gasteiger charge is -2.35. The number of nitrogens with one attached hydrogen (secondary N) is 1. The summed E-state index contributed by atoms with van der Waals surface area (Å²) in [6.07, 6.45) is 6.69. The third kappa shape index (κ3) is 3.97. The van der Waals surface area contributed by atoms with Crippen LogP contribution in [-0.2, 0) is 0 Å². The molecule has 2 heterocycles. The fraction of sp³-hybridized carbons (Fsp3) is 0.421. The second-order valence-electron chi connectivity index (χ2n) is 6.11. The molecule has 2 aromatic rings. The Morgan fingerprint density at radius 3 is 2.58 bits per heavy atom. The van der Waals surface area contributed by atoms with Gasteiger partial charge in [-0.05, 0) is 49.7 Å². The van der Waals surface area contributed by atoms with E-state index in [-0.39, 0.29) is 11.9 Å². The number of benzene rings is 1. The fourth-order valence-corrected chi connectivity index (χ4v) is 3.20. The summed E-state index contributed by atoms with van der Waals surface area (Å²) in [6, 6.07) is 9.98. The van der Waals surface area contributed by atoms with Crippen molar-refractivity contribution in [2.75, 3.05) is 26.7 Å². The normalized spacial score (nSPS) is 16.5. The van der Waals surface area contributed by atoms with Gasteiger partial charge in [0, 0.05) is 6.54 Å². The number of nitrogens with zero attached hydrogens (tertiary/aromatic N) is 1. The third-order valence-corrected chi connectivity index (χ3v) is 4.57. The van der Waals surface area contributed by atoms with Crippen LogP contribution in [0, 0.1) is 0 Å². The maximum absolute atomic E-state index is 12.2. The van der Waals surface area contributed by atoms with Crippen molar-refractivity contribution < 1.29 is 13.9 Å². The zero-order valence-corrected chi connectivity index (χ0v) is 14.0. The van der Waals surface area contributed by atoms with Crippen LogP contribution in [0.25, 0.3) is 0 Å². The van der Waals surface area contributed by atoms with E-state index in [0.29, 0.717) is 12.1 Å². The number of furan rings is 1. The molecule has 1 saturated heterocycles. The summed E-state index contributed by atoms with van der Waals surface area (Å²) in [5, 5.41) is 3.04. The minimum atomic E-state index is -0.0979. The zero-order valence-electron chi connectivity index (χ0n) is 14.0. The molecular formula is C19H24N2O3. The van der Waals surface area contributed by atoms with E-state index in [0.717, 1.165) is 18.8 Å². The second-order valence-corrected chi connectivity index (χ2v) is 6.11. The molecule has 1 unspecified atom stereocenters. The molecule has 128 valence electrons. The molecule has 24 heavy (non-hydrogen) atoms. The highest BCUT2D eigenvalue weighted by atomic mass is 16.5. The Morgan fingerprint density at radius 2 is 1.96 bits per heavy atom. The van der Waals surface area contributed by atoms with Crippen LogP contribution in [0.1, 0.15) is 41.2 Å². The van der Waals surface area contributed by atoms with Gasteiger partial charge in [0.1, 0.15) is 12.0 Å². The number of amides is 1. The first-order valence-corrected chi connectivity index (χ1v) is 8.46. The highest BCUT2D eigenvalue weighted by Crippen LogP contribution is 2.26. The Kier molecular flexibility index (Phi) is 5.54. The van der Waals surface area contributed by atoms with E-state index in [1.807, 2.05) is 12.1 Å². The number of rotatable bonds is 6. The van der Waals surface area contributed by atoms with Crippen LogP contribution in [0.3, 0.4) is 0 Å². The number of hydrogen-bond donors (Lipinski definition) is 1. The summed E-state index contributed by atoms with van der Waals surface area (Å²) in [7, 11) is 1.67. The summed E-state index contributed by atoms with van der Waals surface area (Å²) < 4.78 is 10.2. The van der Waals surface area contributed by atoms with Crippen molar-refractivity contribution in [3.63, 3.8) is 0 Å². The summed E-state index contributed by atoms with van der Waals surface area (Å²) >= 11 is 0. The summed E-state index contributed by atoms with van der Waals surface area (Å²) in [6.45, 7) is 2.72. The average molecular weight is 328 g/mol. The predicted molar refractivity (Wildman–Crippen MR) is 92.2 cm³/mol. The largest absolute Gasteiger partial charge is 0.497 e. The Labute approximate surface area is 142 Å². The molecule has 0 saturated carbocycles. The van der Waals surface area contributed by atoms with Crippen molar-refractivity contribution in [1.82, 2.24) is 10.2 Å². The van der Waals surface area contributed by atoms with Gasteiger partial charge >= 0.3 is 0 Å². The molecule has 3 rings (SSSR count). The van der Waals surface area contributed by atoms with Gasteiger partial charge in [0.15, 0.2) is 0 Å². The van der Waals surface area contributed by atoms with Crippen molar-refractivity contribution in [3.8, 4) is 5.75 Å². The van der Waals surface area contributed by atoms with Crippen LogP contribution < -0.4 is 10.1 Å². The van der Waals surface area contributed by atoms with Crippen molar-refractivity contribution in [2.45, 2.75) is 25.3 Å². The molecule has 1 aromatic heterocycles. The van der Waals surface area contributed by atoms with Crippen LogP contribution >= 0.6 is 0 Å². The Hall–Kier alpha value is -2.27. The second kappa shape index (κ2) is 8.02. The maximum Gasteiger partial charge on any atom is 0.254 e. The first-order chi connectivity index (χ1) is 11.8. The van der Waals surface area contributed by atoms with Crippen molar-refractivity contribution >= 4 is 5.91 Å². The van der Waals surface area contributed by atoms with E-state index in [9.17, 15) is 4.79 Å². The van der Waals surface area contributed by atoms with Gasteiger partial charge in [-0.2, -0.15) is 0 Å². The smallest absolute Gasteiger partial charge is 0.254 e. The van der Waals surface area contributed by atoms with E-state index >= 15 is 0 Å². The minimum absolute atomic E-state index is 0.0979. The molecule has 1 amide bonds. The SMILES string of the molecule is COc1ccc(C(CNC(=O)c2ccoc2)N2CCCCC2)cc1. The molecule has 1 atom stereocenters. The fourth-order valence-electron chi connectivity index (χ4n) is 3.20. The highest BCUT2D eigenvalue weighted by molar-refractivity contribution is 5.93. The lowest BCUT2D eigenvalue weighted by molar-refractivity contribution is 0.0924. The van der Waals surface area contributed by atoms with E-state index in [4.69, 9.17) is 9.15 Å². The number of ether oxygens (including phenoxy) is 1. The quantitative estimate of drug-likeness (QED) is 0.884. The standard InChI is InChI=1S/C19H24N2O3/c1-23-17-7-5-15(6-8-17)18(21-10-3-2-4-11-21)13-20-19(22)16-9-12-24-14-16/h5-9,12,14,18H,2-4,10-11,13H2,1H3,(H,20,22). The van der Waals surface area contributed by atoms with Crippen LogP contribution in [0.5, 0.6) is 5.75 Å². The van der Waals surface area contributed by atoms with E-state index in [1.165, 1.54) is 37.4 Å².